The van der Waals surface area contributed by atoms with Crippen molar-refractivity contribution < 1.29 is 0 Å². The second kappa shape index (κ2) is 4.81. The minimum atomic E-state index is 0.0573. The molecule has 3 atom stereocenters. The molecule has 1 saturated carbocycles. The van der Waals surface area contributed by atoms with Gasteiger partial charge < -0.3 is 5.73 Å². The van der Waals surface area contributed by atoms with Crippen LogP contribution >= 0.6 is 0 Å². The maximum atomic E-state index is 6.54. The molecule has 1 aromatic heterocycles. The predicted octanol–water partition coefficient (Wildman–Crippen LogP) is 2.51. The van der Waals surface area contributed by atoms with Crippen LogP contribution in [-0.2, 0) is 13.5 Å². The van der Waals surface area contributed by atoms with Crippen LogP contribution in [0, 0.1) is 11.8 Å². The van der Waals surface area contributed by atoms with Gasteiger partial charge >= 0.3 is 0 Å². The van der Waals surface area contributed by atoms with E-state index in [9.17, 15) is 0 Å². The summed E-state index contributed by atoms with van der Waals surface area (Å²) in [6.07, 6.45) is 9.84. The third-order valence-electron chi connectivity index (χ3n) is 4.47. The van der Waals surface area contributed by atoms with E-state index in [2.05, 4.69) is 25.1 Å². The fourth-order valence-electron chi connectivity index (χ4n) is 2.97. The third-order valence-corrected chi connectivity index (χ3v) is 4.47. The molecule has 96 valence electrons. The second-order valence-electron chi connectivity index (χ2n) is 6.08. The lowest BCUT2D eigenvalue weighted by molar-refractivity contribution is 0.168. The van der Waals surface area contributed by atoms with E-state index in [-0.39, 0.29) is 5.54 Å². The Bertz CT molecular complexity index is 371. The molecule has 1 heterocycles. The second-order valence-corrected chi connectivity index (χ2v) is 6.08. The molecule has 1 aliphatic carbocycles. The maximum absolute atomic E-state index is 6.54. The van der Waals surface area contributed by atoms with Gasteiger partial charge in [-0.25, -0.2) is 0 Å². The Kier molecular flexibility index (Phi) is 3.57. The van der Waals surface area contributed by atoms with Crippen molar-refractivity contribution >= 4 is 0 Å². The number of nitrogens with zero attached hydrogens (tertiary/aromatic N) is 2. The van der Waals surface area contributed by atoms with E-state index in [0.29, 0.717) is 0 Å². The topological polar surface area (TPSA) is 43.8 Å². The summed E-state index contributed by atoms with van der Waals surface area (Å²) in [5.41, 5.74) is 7.91. The normalized spacial score (nSPS) is 33.9. The van der Waals surface area contributed by atoms with Gasteiger partial charge in [0.25, 0.3) is 0 Å². The summed E-state index contributed by atoms with van der Waals surface area (Å²) in [4.78, 5) is 0. The lowest BCUT2D eigenvalue weighted by Crippen LogP contribution is -2.46. The van der Waals surface area contributed by atoms with Crippen molar-refractivity contribution in [1.29, 1.82) is 0 Å². The van der Waals surface area contributed by atoms with E-state index in [1.54, 1.807) is 0 Å². The Morgan fingerprint density at radius 3 is 2.82 bits per heavy atom. The van der Waals surface area contributed by atoms with Crippen molar-refractivity contribution in [1.82, 2.24) is 9.78 Å². The van der Waals surface area contributed by atoms with E-state index < -0.39 is 0 Å². The Balaban J connectivity index is 1.90. The van der Waals surface area contributed by atoms with E-state index in [0.717, 1.165) is 24.7 Å². The van der Waals surface area contributed by atoms with Crippen LogP contribution in [0.2, 0.25) is 0 Å². The molecule has 0 aromatic carbocycles. The Labute approximate surface area is 104 Å². The number of aryl methyl sites for hydroxylation is 2. The highest BCUT2D eigenvalue weighted by atomic mass is 15.2. The largest absolute Gasteiger partial charge is 0.325 e. The standard InChI is InChI=1S/C14H25N3/c1-11-4-6-14(15,8-12(11)2)7-5-13-9-16-17(3)10-13/h9-12H,4-8,15H2,1-3H3. The smallest absolute Gasteiger partial charge is 0.0521 e. The van der Waals surface area contributed by atoms with Crippen molar-refractivity contribution in [3.8, 4) is 0 Å². The van der Waals surface area contributed by atoms with Gasteiger partial charge in [-0.3, -0.25) is 4.68 Å². The molecule has 2 N–H and O–H groups in total. The summed E-state index contributed by atoms with van der Waals surface area (Å²) in [6, 6.07) is 0. The van der Waals surface area contributed by atoms with E-state index >= 15 is 0 Å². The van der Waals surface area contributed by atoms with Crippen molar-refractivity contribution in [3.05, 3.63) is 18.0 Å². The monoisotopic (exact) mass is 235 g/mol. The van der Waals surface area contributed by atoms with Crippen LogP contribution in [0.3, 0.4) is 0 Å². The summed E-state index contributed by atoms with van der Waals surface area (Å²) in [5, 5.41) is 4.21. The van der Waals surface area contributed by atoms with Crippen LogP contribution in [0.5, 0.6) is 0 Å². The zero-order valence-corrected chi connectivity index (χ0v) is 11.3. The molecule has 0 aliphatic heterocycles. The summed E-state index contributed by atoms with van der Waals surface area (Å²) in [6.45, 7) is 4.70. The van der Waals surface area contributed by atoms with Gasteiger partial charge in [-0.1, -0.05) is 13.8 Å². The van der Waals surface area contributed by atoms with Crippen LogP contribution < -0.4 is 5.73 Å². The highest BCUT2D eigenvalue weighted by molar-refractivity contribution is 5.06. The maximum Gasteiger partial charge on any atom is 0.0521 e. The average Bonchev–Trinajstić information content (AvgIpc) is 2.68. The van der Waals surface area contributed by atoms with Gasteiger partial charge in [-0.2, -0.15) is 5.10 Å². The van der Waals surface area contributed by atoms with Crippen LogP contribution in [0.25, 0.3) is 0 Å². The molecular formula is C14H25N3. The number of hydrogen-bond acceptors (Lipinski definition) is 2. The fraction of sp³-hybridized carbons (Fsp3) is 0.786. The first-order valence-electron chi connectivity index (χ1n) is 6.75. The molecule has 1 aliphatic rings. The number of hydrogen-bond donors (Lipinski definition) is 1. The summed E-state index contributed by atoms with van der Waals surface area (Å²) in [5.74, 6) is 1.60. The van der Waals surface area contributed by atoms with Crippen molar-refractivity contribution in [2.24, 2.45) is 24.6 Å². The number of nitrogens with two attached hydrogens (primary N) is 1. The Morgan fingerprint density at radius 1 is 1.47 bits per heavy atom. The Morgan fingerprint density at radius 2 is 2.24 bits per heavy atom. The van der Waals surface area contributed by atoms with Crippen LogP contribution in [-0.4, -0.2) is 15.3 Å². The number of rotatable bonds is 3. The first-order chi connectivity index (χ1) is 7.98. The van der Waals surface area contributed by atoms with Crippen LogP contribution in [0.4, 0.5) is 0 Å². The first-order valence-corrected chi connectivity index (χ1v) is 6.75. The van der Waals surface area contributed by atoms with E-state index in [4.69, 9.17) is 5.73 Å². The quantitative estimate of drug-likeness (QED) is 0.875. The van der Waals surface area contributed by atoms with Crippen LogP contribution in [0.1, 0.15) is 45.1 Å². The predicted molar refractivity (Wildman–Crippen MR) is 70.6 cm³/mol. The molecule has 3 nitrogen and oxygen atoms in total. The first kappa shape index (κ1) is 12.6. The van der Waals surface area contributed by atoms with E-state index in [1.807, 2.05) is 17.9 Å². The third kappa shape index (κ3) is 3.09. The highest BCUT2D eigenvalue weighted by Gasteiger charge is 2.33. The molecule has 1 aromatic rings. The van der Waals surface area contributed by atoms with Crippen molar-refractivity contribution in [3.63, 3.8) is 0 Å². The minimum absolute atomic E-state index is 0.0573. The van der Waals surface area contributed by atoms with Gasteiger partial charge in [-0.05, 0) is 49.5 Å². The molecule has 17 heavy (non-hydrogen) atoms. The molecule has 0 saturated heterocycles. The zero-order valence-electron chi connectivity index (χ0n) is 11.3. The van der Waals surface area contributed by atoms with Crippen molar-refractivity contribution in [2.45, 2.75) is 51.5 Å². The summed E-state index contributed by atoms with van der Waals surface area (Å²) >= 11 is 0. The van der Waals surface area contributed by atoms with E-state index in [1.165, 1.54) is 24.8 Å². The molecule has 0 bridgehead atoms. The molecule has 0 spiro atoms. The average molecular weight is 235 g/mol. The van der Waals surface area contributed by atoms with Gasteiger partial charge in [0.05, 0.1) is 6.20 Å². The van der Waals surface area contributed by atoms with Gasteiger partial charge in [0, 0.05) is 18.8 Å². The summed E-state index contributed by atoms with van der Waals surface area (Å²) in [7, 11) is 1.96. The minimum Gasteiger partial charge on any atom is -0.325 e. The Hall–Kier alpha value is -0.830. The molecule has 0 amide bonds. The van der Waals surface area contributed by atoms with Gasteiger partial charge in [0.2, 0.25) is 0 Å². The fourth-order valence-corrected chi connectivity index (χ4v) is 2.97. The van der Waals surface area contributed by atoms with Crippen LogP contribution in [0.15, 0.2) is 12.4 Å². The lowest BCUT2D eigenvalue weighted by atomic mass is 9.70. The molecule has 1 fully saturated rings. The SMILES string of the molecule is CC1CCC(N)(CCc2cnn(C)c2)CC1C. The molecule has 2 rings (SSSR count). The number of aromatic nitrogens is 2. The zero-order chi connectivity index (χ0) is 12.5. The molecule has 3 unspecified atom stereocenters. The van der Waals surface area contributed by atoms with Gasteiger partial charge in [0.1, 0.15) is 0 Å². The molecule has 0 radical (unpaired) electrons. The molecular weight excluding hydrogens is 210 g/mol. The lowest BCUT2D eigenvalue weighted by Gasteiger charge is -2.40. The molecule has 3 heteroatoms. The van der Waals surface area contributed by atoms with Gasteiger partial charge in [0.15, 0.2) is 0 Å². The highest BCUT2D eigenvalue weighted by Crippen LogP contribution is 2.37. The van der Waals surface area contributed by atoms with Gasteiger partial charge in [-0.15, -0.1) is 0 Å². The summed E-state index contributed by atoms with van der Waals surface area (Å²) < 4.78 is 1.87. The van der Waals surface area contributed by atoms with Crippen molar-refractivity contribution in [2.75, 3.05) is 0 Å².